The monoisotopic (exact) mass is 368 g/mol. The van der Waals surface area contributed by atoms with E-state index in [4.69, 9.17) is 44.8 Å². The summed E-state index contributed by atoms with van der Waals surface area (Å²) < 4.78 is 5.52. The first-order valence-corrected chi connectivity index (χ1v) is 7.66. The molecule has 0 spiro atoms. The number of anilines is 1. The van der Waals surface area contributed by atoms with Crippen LogP contribution >= 0.6 is 34.8 Å². The van der Waals surface area contributed by atoms with Gasteiger partial charge in [-0.15, -0.1) is 0 Å². The molecule has 0 fully saturated rings. The van der Waals surface area contributed by atoms with Crippen LogP contribution in [0.2, 0.25) is 15.1 Å². The number of nitrogens with one attached hydrogen (secondary N) is 1. The molecule has 2 aromatic carbocycles. The molecule has 0 aromatic heterocycles. The Morgan fingerprint density at radius 3 is 2.52 bits per heavy atom. The Kier molecular flexibility index (Phi) is 5.73. The molecule has 2 aromatic rings. The molecule has 0 aliphatic heterocycles. The van der Waals surface area contributed by atoms with E-state index in [0.29, 0.717) is 27.0 Å². The molecular weight excluding hydrogens is 359 g/mol. The topological polar surface area (TPSA) is 62.1 Å². The van der Waals surface area contributed by atoms with Crippen molar-refractivity contribution in [1.82, 2.24) is 0 Å². The van der Waals surface area contributed by atoms with Crippen LogP contribution < -0.4 is 10.1 Å². The van der Waals surface area contributed by atoms with Gasteiger partial charge in [-0.1, -0.05) is 34.8 Å². The number of ether oxygens (including phenoxy) is 1. The van der Waals surface area contributed by atoms with E-state index in [1.54, 1.807) is 31.2 Å². The van der Waals surface area contributed by atoms with Gasteiger partial charge >= 0.3 is 0 Å². The molecule has 0 saturated carbocycles. The fraction of sp³-hybridized carbons (Fsp3) is 0.125. The van der Waals surface area contributed by atoms with Gasteiger partial charge in [0.1, 0.15) is 5.75 Å². The molecule has 118 valence electrons. The number of nitrogens with zero attached hydrogens (tertiary/aromatic N) is 1. The summed E-state index contributed by atoms with van der Waals surface area (Å²) in [7, 11) is 0. The van der Waals surface area contributed by atoms with Crippen LogP contribution in [0.4, 0.5) is 5.69 Å². The van der Waals surface area contributed by atoms with Crippen molar-refractivity contribution in [2.75, 3.05) is 5.32 Å². The van der Waals surface area contributed by atoms with Gasteiger partial charge in [0.25, 0.3) is 5.91 Å². The fourth-order valence-electron chi connectivity index (χ4n) is 1.74. The fourth-order valence-corrected chi connectivity index (χ4v) is 2.42. The quantitative estimate of drug-likeness (QED) is 0.831. The van der Waals surface area contributed by atoms with Crippen LogP contribution in [0.3, 0.4) is 0 Å². The maximum atomic E-state index is 12.2. The molecule has 2 rings (SSSR count). The first-order valence-electron chi connectivity index (χ1n) is 6.53. The Labute approximate surface area is 148 Å². The Hall–Kier alpha value is -1.93. The van der Waals surface area contributed by atoms with Crippen molar-refractivity contribution in [3.63, 3.8) is 0 Å². The number of carbonyl (C=O) groups excluding carboxylic acids is 1. The average molecular weight is 370 g/mol. The zero-order valence-electron chi connectivity index (χ0n) is 11.9. The molecule has 0 radical (unpaired) electrons. The minimum Gasteiger partial charge on any atom is -0.479 e. The minimum atomic E-state index is -0.813. The Morgan fingerprint density at radius 1 is 1.17 bits per heavy atom. The third kappa shape index (κ3) is 4.52. The summed E-state index contributed by atoms with van der Waals surface area (Å²) in [5.74, 6) is -0.0785. The van der Waals surface area contributed by atoms with E-state index in [1.165, 1.54) is 12.1 Å². The van der Waals surface area contributed by atoms with Crippen LogP contribution in [0.5, 0.6) is 5.75 Å². The van der Waals surface area contributed by atoms with Gasteiger partial charge in [0.15, 0.2) is 6.10 Å². The van der Waals surface area contributed by atoms with E-state index in [2.05, 4.69) is 5.32 Å². The summed E-state index contributed by atoms with van der Waals surface area (Å²) >= 11 is 17.8. The van der Waals surface area contributed by atoms with Crippen LogP contribution in [0.15, 0.2) is 36.4 Å². The average Bonchev–Trinajstić information content (AvgIpc) is 2.51. The van der Waals surface area contributed by atoms with Gasteiger partial charge in [0.2, 0.25) is 0 Å². The van der Waals surface area contributed by atoms with E-state index < -0.39 is 12.0 Å². The number of amides is 1. The number of benzene rings is 2. The lowest BCUT2D eigenvalue weighted by molar-refractivity contribution is -0.122. The first-order chi connectivity index (χ1) is 10.9. The molecule has 0 aliphatic carbocycles. The van der Waals surface area contributed by atoms with Crippen molar-refractivity contribution in [3.8, 4) is 11.8 Å². The molecule has 0 aliphatic rings. The van der Waals surface area contributed by atoms with E-state index in [9.17, 15) is 4.79 Å². The van der Waals surface area contributed by atoms with Gasteiger partial charge < -0.3 is 10.1 Å². The van der Waals surface area contributed by atoms with Gasteiger partial charge in [0, 0.05) is 5.02 Å². The third-order valence-corrected chi connectivity index (χ3v) is 3.77. The van der Waals surface area contributed by atoms with Crippen LogP contribution in [-0.2, 0) is 4.79 Å². The van der Waals surface area contributed by atoms with Gasteiger partial charge in [-0.2, -0.15) is 5.26 Å². The van der Waals surface area contributed by atoms with Crippen molar-refractivity contribution in [2.24, 2.45) is 0 Å². The first kappa shape index (κ1) is 17.4. The molecule has 0 bridgehead atoms. The highest BCUT2D eigenvalue weighted by Crippen LogP contribution is 2.28. The second-order valence-corrected chi connectivity index (χ2v) is 5.88. The second kappa shape index (κ2) is 7.56. The molecule has 1 N–H and O–H groups in total. The maximum Gasteiger partial charge on any atom is 0.265 e. The standard InChI is InChI=1S/C16H11Cl3N2O2/c1-9(23-15-5-2-10(8-20)6-13(15)19)16(22)21-14-4-3-11(17)7-12(14)18/h2-7,9H,1H3,(H,21,22)/t9-/m0/s1. The normalized spacial score (nSPS) is 11.4. The zero-order chi connectivity index (χ0) is 17.0. The lowest BCUT2D eigenvalue weighted by atomic mass is 10.2. The van der Waals surface area contributed by atoms with Gasteiger partial charge in [-0.3, -0.25) is 4.79 Å². The summed E-state index contributed by atoms with van der Waals surface area (Å²) in [6.45, 7) is 1.58. The van der Waals surface area contributed by atoms with E-state index in [0.717, 1.165) is 0 Å². The second-order valence-electron chi connectivity index (χ2n) is 4.63. The summed E-state index contributed by atoms with van der Waals surface area (Å²) in [6.07, 6.45) is -0.813. The number of hydrogen-bond donors (Lipinski definition) is 1. The molecule has 1 amide bonds. The van der Waals surface area contributed by atoms with Crippen LogP contribution in [0.25, 0.3) is 0 Å². The van der Waals surface area contributed by atoms with E-state index in [-0.39, 0.29) is 5.02 Å². The molecular formula is C16H11Cl3N2O2. The number of nitriles is 1. The Balaban J connectivity index is 2.07. The lowest BCUT2D eigenvalue weighted by Gasteiger charge is -2.16. The number of halogens is 3. The molecule has 7 heteroatoms. The number of carbonyl (C=O) groups is 1. The third-order valence-electron chi connectivity index (χ3n) is 2.92. The van der Waals surface area contributed by atoms with E-state index in [1.807, 2.05) is 6.07 Å². The number of rotatable bonds is 4. The van der Waals surface area contributed by atoms with Gasteiger partial charge in [-0.05, 0) is 43.3 Å². The molecule has 0 saturated heterocycles. The Bertz CT molecular complexity index is 787. The summed E-state index contributed by atoms with van der Waals surface area (Å²) in [6, 6.07) is 11.3. The van der Waals surface area contributed by atoms with Crippen molar-refractivity contribution < 1.29 is 9.53 Å². The predicted molar refractivity (Wildman–Crippen MR) is 91.3 cm³/mol. The van der Waals surface area contributed by atoms with Crippen molar-refractivity contribution in [3.05, 3.63) is 57.0 Å². The van der Waals surface area contributed by atoms with Gasteiger partial charge in [-0.25, -0.2) is 0 Å². The molecule has 1 atom stereocenters. The summed E-state index contributed by atoms with van der Waals surface area (Å²) in [4.78, 5) is 12.2. The van der Waals surface area contributed by atoms with Crippen LogP contribution in [0.1, 0.15) is 12.5 Å². The van der Waals surface area contributed by atoms with Crippen molar-refractivity contribution >= 4 is 46.4 Å². The zero-order valence-corrected chi connectivity index (χ0v) is 14.2. The van der Waals surface area contributed by atoms with Crippen molar-refractivity contribution in [1.29, 1.82) is 5.26 Å². The molecule has 4 nitrogen and oxygen atoms in total. The van der Waals surface area contributed by atoms with Crippen LogP contribution in [0, 0.1) is 11.3 Å². The molecule has 0 heterocycles. The van der Waals surface area contributed by atoms with Crippen molar-refractivity contribution in [2.45, 2.75) is 13.0 Å². The van der Waals surface area contributed by atoms with Crippen LogP contribution in [-0.4, -0.2) is 12.0 Å². The van der Waals surface area contributed by atoms with Gasteiger partial charge in [0.05, 0.1) is 27.4 Å². The maximum absolute atomic E-state index is 12.2. The number of hydrogen-bond acceptors (Lipinski definition) is 3. The smallest absolute Gasteiger partial charge is 0.265 e. The summed E-state index contributed by atoms with van der Waals surface area (Å²) in [5, 5.41) is 12.5. The highest BCUT2D eigenvalue weighted by molar-refractivity contribution is 6.36. The lowest BCUT2D eigenvalue weighted by Crippen LogP contribution is -2.30. The molecule has 23 heavy (non-hydrogen) atoms. The SMILES string of the molecule is C[C@H](Oc1ccc(C#N)cc1Cl)C(=O)Nc1ccc(Cl)cc1Cl. The highest BCUT2D eigenvalue weighted by Gasteiger charge is 2.17. The Morgan fingerprint density at radius 2 is 1.91 bits per heavy atom. The largest absolute Gasteiger partial charge is 0.479 e. The summed E-state index contributed by atoms with van der Waals surface area (Å²) in [5.41, 5.74) is 0.842. The van der Waals surface area contributed by atoms with E-state index >= 15 is 0 Å². The minimum absolute atomic E-state index is 0.258. The molecule has 0 unspecified atom stereocenters. The predicted octanol–water partition coefficient (Wildman–Crippen LogP) is 4.92. The highest BCUT2D eigenvalue weighted by atomic mass is 35.5.